The minimum Gasteiger partial charge on any atom is -0.393 e. The minimum absolute atomic E-state index is 0.193. The molecule has 0 amide bonds. The molecule has 0 radical (unpaired) electrons. The first-order chi connectivity index (χ1) is 16.1. The van der Waals surface area contributed by atoms with E-state index in [9.17, 15) is 10.2 Å². The van der Waals surface area contributed by atoms with E-state index >= 15 is 0 Å². The van der Waals surface area contributed by atoms with Gasteiger partial charge in [0.15, 0.2) is 0 Å². The molecule has 3 saturated carbocycles. The fourth-order valence-corrected chi connectivity index (χ4v) is 6.52. The Kier molecular flexibility index (Phi) is 5.21. The maximum Gasteiger partial charge on any atom is 0.0811 e. The molecule has 0 bridgehead atoms. The summed E-state index contributed by atoms with van der Waals surface area (Å²) in [5.74, 6) is 0.207. The first kappa shape index (κ1) is 15.9. The van der Waals surface area contributed by atoms with Crippen LogP contribution in [0.25, 0.3) is 0 Å². The second-order valence-corrected chi connectivity index (χ2v) is 10.1. The summed E-state index contributed by atoms with van der Waals surface area (Å²) >= 11 is 0. The third kappa shape index (κ3) is 5.07. The number of allylic oxidation sites excluding steroid dienone is 3. The molecule has 0 unspecified atom stereocenters. The van der Waals surface area contributed by atoms with Gasteiger partial charge in [-0.3, -0.25) is 0 Å². The molecule has 2 heteroatoms. The van der Waals surface area contributed by atoms with Crippen molar-refractivity contribution in [3.05, 3.63) is 35.5 Å². The number of fused-ring (bicyclic) bond motifs is 1. The molecule has 0 aromatic rings. The highest BCUT2D eigenvalue weighted by molar-refractivity contribution is 5.38. The first-order valence-electron chi connectivity index (χ1n) is 14.6. The number of hydrogen-bond acceptors (Lipinski definition) is 2. The first-order valence-corrected chi connectivity index (χ1v) is 11.6. The van der Waals surface area contributed by atoms with Crippen LogP contribution in [0, 0.1) is 29.1 Å². The summed E-state index contributed by atoms with van der Waals surface area (Å²) in [4.78, 5) is 0. The van der Waals surface area contributed by atoms with Crippen LogP contribution in [0.15, 0.2) is 35.5 Å². The second-order valence-electron chi connectivity index (χ2n) is 10.1. The summed E-state index contributed by atoms with van der Waals surface area (Å²) < 4.78 is 45.9. The average molecular weight is 407 g/mol. The zero-order valence-electron chi connectivity index (χ0n) is 24.3. The van der Waals surface area contributed by atoms with Crippen molar-refractivity contribution in [1.29, 1.82) is 0 Å². The zero-order chi connectivity index (χ0) is 26.2. The van der Waals surface area contributed by atoms with Gasteiger partial charge < -0.3 is 10.2 Å². The number of rotatable bonds is 6. The van der Waals surface area contributed by atoms with Gasteiger partial charge in [0.1, 0.15) is 0 Å². The van der Waals surface area contributed by atoms with Crippen molar-refractivity contribution in [1.82, 2.24) is 0 Å². The van der Waals surface area contributed by atoms with E-state index in [0.29, 0.717) is 37.0 Å². The van der Waals surface area contributed by atoms with Crippen molar-refractivity contribution in [3.8, 4) is 0 Å². The Morgan fingerprint density at radius 2 is 2.03 bits per heavy atom. The Morgan fingerprint density at radius 1 is 1.24 bits per heavy atom. The van der Waals surface area contributed by atoms with E-state index in [4.69, 9.17) is 8.22 Å². The Balaban J connectivity index is 1.67. The Labute approximate surface area is 187 Å². The fraction of sp³-hybridized carbons (Fsp3) is 0.778. The molecule has 0 aromatic heterocycles. The van der Waals surface area contributed by atoms with Crippen LogP contribution in [0.1, 0.15) is 100.0 Å². The predicted octanol–water partition coefficient (Wildman–Crippen LogP) is 6.59. The molecule has 0 saturated heterocycles. The zero-order valence-corrected chi connectivity index (χ0v) is 18.3. The van der Waals surface area contributed by atoms with Gasteiger partial charge in [-0.2, -0.15) is 0 Å². The van der Waals surface area contributed by atoms with Gasteiger partial charge in [0.25, 0.3) is 0 Å². The van der Waals surface area contributed by atoms with Gasteiger partial charge in [-0.15, -0.1) is 0 Å². The van der Waals surface area contributed by atoms with Crippen LogP contribution in [-0.4, -0.2) is 22.4 Å². The molecule has 29 heavy (non-hydrogen) atoms. The average Bonchev–Trinajstić information content (AvgIpc) is 3.08. The molecule has 0 aliphatic heterocycles. The maximum absolute atomic E-state index is 10.2. The third-order valence-electron chi connectivity index (χ3n) is 8.14. The summed E-state index contributed by atoms with van der Waals surface area (Å²) in [5, 5.41) is 20.2. The fourth-order valence-electron chi connectivity index (χ4n) is 6.52. The standard InChI is InChI=1S/C27H44O2/c1-18(2)8-6-9-19(3)24-13-14-25-21(10-7-15-27(24,25)5)11-12-22-16-23(28)17-26(29)20(22)4/h11-12,18-19,23-26,28-29H,4,6-10,13-17H2,1-3,5H3/b21-11+,22-12-/t19-,23+,24-,25+,26+,27-/m1/s1/i1D3,2D3. The molecule has 2 nitrogen and oxygen atoms in total. The van der Waals surface area contributed by atoms with Gasteiger partial charge in [0.2, 0.25) is 0 Å². The van der Waals surface area contributed by atoms with Crippen molar-refractivity contribution in [3.63, 3.8) is 0 Å². The van der Waals surface area contributed by atoms with Crippen LogP contribution in [0.2, 0.25) is 0 Å². The normalized spacial score (nSPS) is 43.3. The third-order valence-corrected chi connectivity index (χ3v) is 8.14. The summed E-state index contributed by atoms with van der Waals surface area (Å²) in [5.41, 5.74) is 3.30. The van der Waals surface area contributed by atoms with Crippen LogP contribution in [-0.2, 0) is 0 Å². The van der Waals surface area contributed by atoms with Gasteiger partial charge in [-0.05, 0) is 78.8 Å². The van der Waals surface area contributed by atoms with Gasteiger partial charge in [-0.25, -0.2) is 0 Å². The highest BCUT2D eigenvalue weighted by Crippen LogP contribution is 2.59. The molecule has 6 atom stereocenters. The lowest BCUT2D eigenvalue weighted by Crippen LogP contribution is -2.36. The van der Waals surface area contributed by atoms with Crippen molar-refractivity contribution in [2.75, 3.05) is 0 Å². The molecular formula is C27H44O2. The molecule has 3 fully saturated rings. The molecule has 164 valence electrons. The van der Waals surface area contributed by atoms with E-state index in [2.05, 4.69) is 32.6 Å². The monoisotopic (exact) mass is 406 g/mol. The van der Waals surface area contributed by atoms with Crippen LogP contribution >= 0.6 is 0 Å². The van der Waals surface area contributed by atoms with Crippen LogP contribution in [0.5, 0.6) is 0 Å². The SMILES string of the molecule is [2H]C([2H])([2H])C(CCC[C@@H](C)[C@H]1CC[C@H]2/C(=C/C=C3/C[C@H](O)C[C@H](O)C3=C)CCC[C@]12C)C([2H])([2H])[2H]. The summed E-state index contributed by atoms with van der Waals surface area (Å²) in [6.07, 6.45) is 11.3. The summed E-state index contributed by atoms with van der Waals surface area (Å²) in [6.45, 7) is 3.79. The van der Waals surface area contributed by atoms with Gasteiger partial charge >= 0.3 is 0 Å². The molecule has 0 heterocycles. The predicted molar refractivity (Wildman–Crippen MR) is 123 cm³/mol. The van der Waals surface area contributed by atoms with Crippen LogP contribution in [0.3, 0.4) is 0 Å². The highest BCUT2D eigenvalue weighted by atomic mass is 16.3. The highest BCUT2D eigenvalue weighted by Gasteiger charge is 2.50. The van der Waals surface area contributed by atoms with E-state index in [-0.39, 0.29) is 11.8 Å². The topological polar surface area (TPSA) is 40.5 Å². The van der Waals surface area contributed by atoms with Crippen molar-refractivity contribution in [2.45, 2.75) is 104 Å². The molecular weight excluding hydrogens is 356 g/mol. The van der Waals surface area contributed by atoms with E-state index in [1.807, 2.05) is 0 Å². The van der Waals surface area contributed by atoms with E-state index in [1.54, 1.807) is 0 Å². The summed E-state index contributed by atoms with van der Waals surface area (Å²) in [7, 11) is 0. The smallest absolute Gasteiger partial charge is 0.0811 e. The molecule has 0 spiro atoms. The second kappa shape index (κ2) is 9.52. The molecule has 0 aromatic carbocycles. The lowest BCUT2D eigenvalue weighted by atomic mass is 9.60. The number of hydrogen-bond donors (Lipinski definition) is 2. The summed E-state index contributed by atoms with van der Waals surface area (Å²) in [6, 6.07) is 0. The number of aliphatic hydroxyl groups is 2. The largest absolute Gasteiger partial charge is 0.393 e. The molecule has 3 rings (SSSR count). The lowest BCUT2D eigenvalue weighted by molar-refractivity contribution is 0.0861. The van der Waals surface area contributed by atoms with Crippen LogP contribution < -0.4 is 0 Å². The quantitative estimate of drug-likeness (QED) is 0.522. The minimum atomic E-state index is -2.45. The Morgan fingerprint density at radius 3 is 2.79 bits per heavy atom. The Hall–Kier alpha value is -0.860. The van der Waals surface area contributed by atoms with Gasteiger partial charge in [0.05, 0.1) is 12.2 Å². The molecule has 2 N–H and O–H groups in total. The van der Waals surface area contributed by atoms with Crippen LogP contribution in [0.4, 0.5) is 0 Å². The molecule has 3 aliphatic carbocycles. The maximum atomic E-state index is 10.2. The van der Waals surface area contributed by atoms with Gasteiger partial charge in [0, 0.05) is 14.6 Å². The van der Waals surface area contributed by atoms with Crippen molar-refractivity contribution >= 4 is 0 Å². The van der Waals surface area contributed by atoms with E-state index in [1.165, 1.54) is 12.0 Å². The number of aliphatic hydroxyl groups excluding tert-OH is 2. The van der Waals surface area contributed by atoms with E-state index < -0.39 is 31.8 Å². The molecule has 3 aliphatic rings. The van der Waals surface area contributed by atoms with Crippen molar-refractivity contribution in [2.24, 2.45) is 29.1 Å². The van der Waals surface area contributed by atoms with Gasteiger partial charge in [-0.1, -0.05) is 71.1 Å². The Bertz CT molecular complexity index is 813. The van der Waals surface area contributed by atoms with E-state index in [0.717, 1.165) is 43.3 Å². The van der Waals surface area contributed by atoms with Crippen molar-refractivity contribution < 1.29 is 18.4 Å². The lowest BCUT2D eigenvalue weighted by Gasteiger charge is -2.44.